The monoisotopic (exact) mass is 235 g/mol. The standard InChI is InChI=1S/C10H21NO3S/c1-10(2,3)7-9(12)8-11-5-4-6-15(11,13)14/h9,12H,4-8H2,1-3H3. The van der Waals surface area contributed by atoms with Crippen LogP contribution in [0.3, 0.4) is 0 Å². The van der Waals surface area contributed by atoms with Gasteiger partial charge in [-0.1, -0.05) is 20.8 Å². The lowest BCUT2D eigenvalue weighted by Gasteiger charge is -2.25. The molecule has 15 heavy (non-hydrogen) atoms. The Morgan fingerprint density at radius 3 is 2.40 bits per heavy atom. The van der Waals surface area contributed by atoms with Crippen molar-refractivity contribution >= 4 is 10.0 Å². The summed E-state index contributed by atoms with van der Waals surface area (Å²) in [5, 5.41) is 9.77. The van der Waals surface area contributed by atoms with Crippen LogP contribution in [0.25, 0.3) is 0 Å². The molecule has 1 heterocycles. The molecule has 0 saturated carbocycles. The van der Waals surface area contributed by atoms with Gasteiger partial charge in [-0.2, -0.15) is 4.31 Å². The van der Waals surface area contributed by atoms with Crippen molar-refractivity contribution in [2.45, 2.75) is 39.7 Å². The van der Waals surface area contributed by atoms with E-state index in [0.29, 0.717) is 19.4 Å². The van der Waals surface area contributed by atoms with Gasteiger partial charge in [0.05, 0.1) is 11.9 Å². The van der Waals surface area contributed by atoms with Gasteiger partial charge in [-0.25, -0.2) is 8.42 Å². The molecular formula is C10H21NO3S. The van der Waals surface area contributed by atoms with Gasteiger partial charge in [0, 0.05) is 13.1 Å². The van der Waals surface area contributed by atoms with E-state index in [2.05, 4.69) is 0 Å². The molecule has 1 unspecified atom stereocenters. The molecule has 1 atom stereocenters. The molecule has 0 aromatic rings. The van der Waals surface area contributed by atoms with E-state index in [-0.39, 0.29) is 17.7 Å². The summed E-state index contributed by atoms with van der Waals surface area (Å²) in [4.78, 5) is 0. The van der Waals surface area contributed by atoms with E-state index in [1.54, 1.807) is 0 Å². The molecule has 1 fully saturated rings. The van der Waals surface area contributed by atoms with Crippen LogP contribution in [0, 0.1) is 5.41 Å². The van der Waals surface area contributed by atoms with Gasteiger partial charge in [-0.05, 0) is 18.3 Å². The number of hydrogen-bond acceptors (Lipinski definition) is 3. The molecule has 1 N–H and O–H groups in total. The van der Waals surface area contributed by atoms with E-state index in [0.717, 1.165) is 0 Å². The Labute approximate surface area is 92.3 Å². The van der Waals surface area contributed by atoms with Gasteiger partial charge in [-0.3, -0.25) is 0 Å². The molecule has 1 rings (SSSR count). The van der Waals surface area contributed by atoms with Crippen molar-refractivity contribution in [1.82, 2.24) is 4.31 Å². The van der Waals surface area contributed by atoms with Crippen LogP contribution in [-0.2, 0) is 10.0 Å². The molecule has 90 valence electrons. The minimum atomic E-state index is -3.06. The fraction of sp³-hybridized carbons (Fsp3) is 1.00. The fourth-order valence-corrected chi connectivity index (χ4v) is 3.46. The molecule has 0 aliphatic carbocycles. The van der Waals surface area contributed by atoms with Crippen LogP contribution >= 0.6 is 0 Å². The number of β-amino-alcohol motifs (C(OH)–C–C–N with tert-alkyl or cyclic N) is 1. The summed E-state index contributed by atoms with van der Waals surface area (Å²) in [6, 6.07) is 0. The van der Waals surface area contributed by atoms with Gasteiger partial charge in [0.15, 0.2) is 0 Å². The zero-order valence-corrected chi connectivity index (χ0v) is 10.5. The Hall–Kier alpha value is -0.130. The van der Waals surface area contributed by atoms with E-state index >= 15 is 0 Å². The van der Waals surface area contributed by atoms with Crippen LogP contribution < -0.4 is 0 Å². The summed E-state index contributed by atoms with van der Waals surface area (Å²) in [7, 11) is -3.06. The summed E-state index contributed by atoms with van der Waals surface area (Å²) in [6.45, 7) is 6.92. The van der Waals surface area contributed by atoms with Crippen LogP contribution in [0.15, 0.2) is 0 Å². The number of hydrogen-bond donors (Lipinski definition) is 1. The molecular weight excluding hydrogens is 214 g/mol. The van der Waals surface area contributed by atoms with Crippen LogP contribution in [0.1, 0.15) is 33.6 Å². The number of rotatable bonds is 3. The van der Waals surface area contributed by atoms with Crippen LogP contribution in [0.4, 0.5) is 0 Å². The van der Waals surface area contributed by atoms with Gasteiger partial charge < -0.3 is 5.11 Å². The highest BCUT2D eigenvalue weighted by molar-refractivity contribution is 7.89. The third-order valence-corrected chi connectivity index (χ3v) is 4.39. The number of aliphatic hydroxyl groups is 1. The smallest absolute Gasteiger partial charge is 0.214 e. The molecule has 1 saturated heterocycles. The molecule has 0 aromatic carbocycles. The van der Waals surface area contributed by atoms with Gasteiger partial charge in [0.2, 0.25) is 10.0 Å². The lowest BCUT2D eigenvalue weighted by atomic mass is 9.89. The fourth-order valence-electron chi connectivity index (χ4n) is 1.90. The van der Waals surface area contributed by atoms with Crippen LogP contribution in [0.2, 0.25) is 0 Å². The number of sulfonamides is 1. The average Bonchev–Trinajstić information content (AvgIpc) is 2.26. The van der Waals surface area contributed by atoms with Gasteiger partial charge in [0.1, 0.15) is 0 Å². The van der Waals surface area contributed by atoms with Crippen molar-refractivity contribution in [1.29, 1.82) is 0 Å². The minimum Gasteiger partial charge on any atom is -0.392 e. The molecule has 0 spiro atoms. The SMILES string of the molecule is CC(C)(C)CC(O)CN1CCCS1(=O)=O. The maximum atomic E-state index is 11.5. The highest BCUT2D eigenvalue weighted by Gasteiger charge is 2.30. The summed E-state index contributed by atoms with van der Waals surface area (Å²) in [6.07, 6.45) is 0.752. The first kappa shape index (κ1) is 12.9. The highest BCUT2D eigenvalue weighted by atomic mass is 32.2. The maximum absolute atomic E-state index is 11.5. The van der Waals surface area contributed by atoms with E-state index in [1.165, 1.54) is 4.31 Å². The zero-order chi connectivity index (χ0) is 11.7. The normalized spacial score (nSPS) is 24.3. The quantitative estimate of drug-likeness (QED) is 0.788. The first-order valence-corrected chi connectivity index (χ1v) is 6.97. The summed E-state index contributed by atoms with van der Waals surface area (Å²) < 4.78 is 24.4. The molecule has 1 aliphatic rings. The second kappa shape index (κ2) is 4.39. The molecule has 1 aliphatic heterocycles. The first-order chi connectivity index (χ1) is 6.71. The van der Waals surface area contributed by atoms with Crippen molar-refractivity contribution < 1.29 is 13.5 Å². The molecule has 0 bridgehead atoms. The second-order valence-electron chi connectivity index (χ2n) is 5.45. The number of nitrogens with zero attached hydrogens (tertiary/aromatic N) is 1. The van der Waals surface area contributed by atoms with E-state index in [4.69, 9.17) is 0 Å². The van der Waals surface area contributed by atoms with Crippen molar-refractivity contribution in [2.75, 3.05) is 18.8 Å². The Bertz CT molecular complexity index is 305. The number of aliphatic hydroxyl groups excluding tert-OH is 1. The lowest BCUT2D eigenvalue weighted by Crippen LogP contribution is -2.35. The van der Waals surface area contributed by atoms with Crippen LogP contribution in [0.5, 0.6) is 0 Å². The lowest BCUT2D eigenvalue weighted by molar-refractivity contribution is 0.102. The summed E-state index contributed by atoms with van der Waals surface area (Å²) in [5.41, 5.74) is 0.0307. The zero-order valence-electron chi connectivity index (χ0n) is 9.73. The van der Waals surface area contributed by atoms with Crippen molar-refractivity contribution in [3.8, 4) is 0 Å². The van der Waals surface area contributed by atoms with E-state index in [1.807, 2.05) is 20.8 Å². The van der Waals surface area contributed by atoms with Gasteiger partial charge >= 0.3 is 0 Å². The highest BCUT2D eigenvalue weighted by Crippen LogP contribution is 2.22. The summed E-state index contributed by atoms with van der Waals surface area (Å²) in [5.74, 6) is 0.231. The largest absolute Gasteiger partial charge is 0.392 e. The Morgan fingerprint density at radius 1 is 1.40 bits per heavy atom. The third kappa shape index (κ3) is 4.09. The van der Waals surface area contributed by atoms with E-state index in [9.17, 15) is 13.5 Å². The Kier molecular flexibility index (Phi) is 3.79. The van der Waals surface area contributed by atoms with E-state index < -0.39 is 16.1 Å². The van der Waals surface area contributed by atoms with Crippen LogP contribution in [-0.4, -0.2) is 42.8 Å². The predicted molar refractivity (Wildman–Crippen MR) is 60.1 cm³/mol. The predicted octanol–water partition coefficient (Wildman–Crippen LogP) is 0.819. The van der Waals surface area contributed by atoms with Crippen molar-refractivity contribution in [2.24, 2.45) is 5.41 Å². The van der Waals surface area contributed by atoms with Crippen molar-refractivity contribution in [3.05, 3.63) is 0 Å². The Morgan fingerprint density at radius 2 is 2.00 bits per heavy atom. The van der Waals surface area contributed by atoms with Crippen molar-refractivity contribution in [3.63, 3.8) is 0 Å². The molecule has 5 heteroatoms. The average molecular weight is 235 g/mol. The second-order valence-corrected chi connectivity index (χ2v) is 7.53. The van der Waals surface area contributed by atoms with Gasteiger partial charge in [0.25, 0.3) is 0 Å². The van der Waals surface area contributed by atoms with Gasteiger partial charge in [-0.15, -0.1) is 0 Å². The molecule has 0 amide bonds. The third-order valence-electron chi connectivity index (χ3n) is 2.47. The topological polar surface area (TPSA) is 57.6 Å². The molecule has 0 radical (unpaired) electrons. The minimum absolute atomic E-state index is 0.0307. The molecule has 0 aromatic heterocycles. The summed E-state index contributed by atoms with van der Waals surface area (Å²) >= 11 is 0. The first-order valence-electron chi connectivity index (χ1n) is 5.37. The molecule has 4 nitrogen and oxygen atoms in total. The Balaban J connectivity index is 2.49. The maximum Gasteiger partial charge on any atom is 0.214 e.